The average molecular weight is 285 g/mol. The van der Waals surface area contributed by atoms with E-state index >= 15 is 0 Å². The molecule has 1 aliphatic rings. The van der Waals surface area contributed by atoms with E-state index in [1.54, 1.807) is 18.2 Å². The van der Waals surface area contributed by atoms with Crippen molar-refractivity contribution in [1.82, 2.24) is 5.43 Å². The van der Waals surface area contributed by atoms with Crippen LogP contribution in [0.2, 0.25) is 5.02 Å². The Balaban J connectivity index is 2.16. The van der Waals surface area contributed by atoms with E-state index in [4.69, 9.17) is 17.4 Å². The summed E-state index contributed by atoms with van der Waals surface area (Å²) < 4.78 is 14.0. The molecule has 2 nitrogen and oxygen atoms in total. The Morgan fingerprint density at radius 1 is 1.37 bits per heavy atom. The molecule has 0 heterocycles. The minimum Gasteiger partial charge on any atom is -0.271 e. The number of nitrogens with two attached hydrogens (primary N) is 1. The fraction of sp³-hybridized carbons (Fsp3) is 0.600. The molecule has 106 valence electrons. The lowest BCUT2D eigenvalue weighted by Crippen LogP contribution is -2.49. The highest BCUT2D eigenvalue weighted by Crippen LogP contribution is 2.40. The van der Waals surface area contributed by atoms with Gasteiger partial charge in [-0.3, -0.25) is 11.3 Å². The van der Waals surface area contributed by atoms with Gasteiger partial charge in [0.25, 0.3) is 0 Å². The highest BCUT2D eigenvalue weighted by atomic mass is 35.5. The Labute approximate surface area is 119 Å². The zero-order valence-electron chi connectivity index (χ0n) is 11.4. The molecule has 0 saturated heterocycles. The van der Waals surface area contributed by atoms with E-state index in [1.807, 2.05) is 0 Å². The van der Waals surface area contributed by atoms with Gasteiger partial charge in [-0.25, -0.2) is 4.39 Å². The summed E-state index contributed by atoms with van der Waals surface area (Å²) in [5.74, 6) is 5.40. The second-order valence-corrected chi connectivity index (χ2v) is 6.26. The van der Waals surface area contributed by atoms with Gasteiger partial charge in [0, 0.05) is 6.04 Å². The highest BCUT2D eigenvalue weighted by molar-refractivity contribution is 6.30. The topological polar surface area (TPSA) is 38.0 Å². The molecule has 0 bridgehead atoms. The van der Waals surface area contributed by atoms with Crippen LogP contribution in [-0.2, 0) is 6.42 Å². The molecule has 1 atom stereocenters. The summed E-state index contributed by atoms with van der Waals surface area (Å²) in [5.41, 5.74) is 3.68. The molecule has 1 unspecified atom stereocenters. The van der Waals surface area contributed by atoms with Crippen molar-refractivity contribution in [3.05, 3.63) is 34.6 Å². The third kappa shape index (κ3) is 3.28. The van der Waals surface area contributed by atoms with E-state index in [2.05, 4.69) is 12.3 Å². The maximum absolute atomic E-state index is 14.0. The number of halogens is 2. The number of hydrazine groups is 1. The summed E-state index contributed by atoms with van der Waals surface area (Å²) in [5, 5.41) is 0.182. The van der Waals surface area contributed by atoms with E-state index < -0.39 is 0 Å². The number of nitrogens with one attached hydrogen (secondary N) is 1. The second-order valence-electron chi connectivity index (χ2n) is 5.85. The van der Waals surface area contributed by atoms with Gasteiger partial charge in [0.1, 0.15) is 5.82 Å². The number of rotatable bonds is 4. The molecule has 19 heavy (non-hydrogen) atoms. The zero-order chi connectivity index (χ0) is 13.9. The Morgan fingerprint density at radius 3 is 2.68 bits per heavy atom. The summed E-state index contributed by atoms with van der Waals surface area (Å²) in [6.07, 6.45) is 6.62. The van der Waals surface area contributed by atoms with Crippen molar-refractivity contribution in [3.63, 3.8) is 0 Å². The van der Waals surface area contributed by atoms with Crippen LogP contribution in [-0.4, -0.2) is 6.04 Å². The summed E-state index contributed by atoms with van der Waals surface area (Å²) in [6, 6.07) is 5.24. The van der Waals surface area contributed by atoms with Gasteiger partial charge in [0.05, 0.1) is 5.02 Å². The first-order chi connectivity index (χ1) is 9.07. The molecule has 1 saturated carbocycles. The Kier molecular flexibility index (Phi) is 4.82. The summed E-state index contributed by atoms with van der Waals surface area (Å²) in [7, 11) is 0. The maximum atomic E-state index is 14.0. The fourth-order valence-corrected chi connectivity index (χ4v) is 3.33. The van der Waals surface area contributed by atoms with E-state index in [-0.39, 0.29) is 22.3 Å². The van der Waals surface area contributed by atoms with E-state index in [0.29, 0.717) is 12.0 Å². The molecule has 1 fully saturated rings. The van der Waals surface area contributed by atoms with E-state index in [1.165, 1.54) is 19.3 Å². The van der Waals surface area contributed by atoms with Crippen molar-refractivity contribution >= 4 is 11.6 Å². The highest BCUT2D eigenvalue weighted by Gasteiger charge is 2.35. The van der Waals surface area contributed by atoms with Crippen molar-refractivity contribution in [2.24, 2.45) is 11.3 Å². The standard InChI is InChI=1S/C15H22ClFN2/c1-15(8-3-2-4-9-15)13(19-18)10-11-6-5-7-12(16)14(11)17/h5-7,13,19H,2-4,8-10,18H2,1H3. The Morgan fingerprint density at radius 2 is 2.05 bits per heavy atom. The molecule has 0 spiro atoms. The van der Waals surface area contributed by atoms with Crippen LogP contribution in [0.5, 0.6) is 0 Å². The van der Waals surface area contributed by atoms with Crippen LogP contribution in [0.4, 0.5) is 4.39 Å². The van der Waals surface area contributed by atoms with Gasteiger partial charge in [-0.1, -0.05) is 49.9 Å². The van der Waals surface area contributed by atoms with Gasteiger partial charge in [0.15, 0.2) is 0 Å². The van der Waals surface area contributed by atoms with Gasteiger partial charge in [0.2, 0.25) is 0 Å². The van der Waals surface area contributed by atoms with Gasteiger partial charge in [-0.15, -0.1) is 0 Å². The van der Waals surface area contributed by atoms with Crippen LogP contribution in [0, 0.1) is 11.2 Å². The number of hydrogen-bond donors (Lipinski definition) is 2. The van der Waals surface area contributed by atoms with Crippen molar-refractivity contribution in [2.45, 2.75) is 51.5 Å². The summed E-state index contributed by atoms with van der Waals surface area (Å²) >= 11 is 5.83. The lowest BCUT2D eigenvalue weighted by molar-refractivity contribution is 0.143. The number of hydrogen-bond acceptors (Lipinski definition) is 2. The van der Waals surface area contributed by atoms with Crippen LogP contribution < -0.4 is 11.3 Å². The van der Waals surface area contributed by atoms with Crippen LogP contribution in [0.3, 0.4) is 0 Å². The molecule has 2 rings (SSSR count). The van der Waals surface area contributed by atoms with Crippen LogP contribution in [0.25, 0.3) is 0 Å². The molecule has 0 aromatic heterocycles. The normalized spacial score (nSPS) is 20.2. The van der Waals surface area contributed by atoms with Crippen molar-refractivity contribution in [2.75, 3.05) is 0 Å². The van der Waals surface area contributed by atoms with Crippen molar-refractivity contribution in [3.8, 4) is 0 Å². The van der Waals surface area contributed by atoms with Crippen molar-refractivity contribution < 1.29 is 4.39 Å². The Hall–Kier alpha value is -0.640. The van der Waals surface area contributed by atoms with E-state index in [9.17, 15) is 4.39 Å². The van der Waals surface area contributed by atoms with Gasteiger partial charge in [-0.05, 0) is 36.3 Å². The molecular formula is C15H22ClFN2. The monoisotopic (exact) mass is 284 g/mol. The smallest absolute Gasteiger partial charge is 0.145 e. The third-order valence-electron chi connectivity index (χ3n) is 4.49. The third-order valence-corrected chi connectivity index (χ3v) is 4.79. The molecule has 0 radical (unpaired) electrons. The average Bonchev–Trinajstić information content (AvgIpc) is 2.41. The predicted molar refractivity (Wildman–Crippen MR) is 77.4 cm³/mol. The quantitative estimate of drug-likeness (QED) is 0.651. The zero-order valence-corrected chi connectivity index (χ0v) is 12.1. The first-order valence-electron chi connectivity index (χ1n) is 6.96. The molecule has 1 aliphatic carbocycles. The lowest BCUT2D eigenvalue weighted by Gasteiger charge is -2.40. The molecule has 1 aromatic rings. The Bertz CT molecular complexity index is 430. The first kappa shape index (κ1) is 14.8. The molecule has 3 N–H and O–H groups in total. The minimum atomic E-state index is -0.316. The van der Waals surface area contributed by atoms with Gasteiger partial charge >= 0.3 is 0 Å². The second kappa shape index (κ2) is 6.21. The molecule has 0 amide bonds. The lowest BCUT2D eigenvalue weighted by atomic mass is 9.69. The maximum Gasteiger partial charge on any atom is 0.145 e. The largest absolute Gasteiger partial charge is 0.271 e. The van der Waals surface area contributed by atoms with Crippen molar-refractivity contribution in [1.29, 1.82) is 0 Å². The summed E-state index contributed by atoms with van der Waals surface area (Å²) in [6.45, 7) is 2.25. The van der Waals surface area contributed by atoms with Crippen LogP contribution in [0.15, 0.2) is 18.2 Å². The fourth-order valence-electron chi connectivity index (χ4n) is 3.14. The van der Waals surface area contributed by atoms with Gasteiger partial charge < -0.3 is 0 Å². The van der Waals surface area contributed by atoms with Crippen LogP contribution >= 0.6 is 11.6 Å². The molecular weight excluding hydrogens is 263 g/mol. The molecule has 4 heteroatoms. The van der Waals surface area contributed by atoms with E-state index in [0.717, 1.165) is 12.8 Å². The van der Waals surface area contributed by atoms with Gasteiger partial charge in [-0.2, -0.15) is 0 Å². The molecule has 1 aromatic carbocycles. The first-order valence-corrected chi connectivity index (χ1v) is 7.33. The number of benzene rings is 1. The summed E-state index contributed by atoms with van der Waals surface area (Å²) in [4.78, 5) is 0. The SMILES string of the molecule is CC1(C(Cc2cccc(Cl)c2F)NN)CCCCC1. The molecule has 0 aliphatic heterocycles. The predicted octanol–water partition coefficient (Wildman–Crippen LogP) is 3.82. The minimum absolute atomic E-state index is 0.0840. The van der Waals surface area contributed by atoms with Crippen LogP contribution in [0.1, 0.15) is 44.6 Å².